The highest BCUT2D eigenvalue weighted by Crippen LogP contribution is 2.28. The number of carbonyl (C=O) groups excluding carboxylic acids is 1. The van der Waals surface area contributed by atoms with Crippen molar-refractivity contribution in [2.45, 2.75) is 25.7 Å². The van der Waals surface area contributed by atoms with Crippen LogP contribution in [0.4, 0.5) is 5.69 Å². The molecule has 0 spiro atoms. The van der Waals surface area contributed by atoms with Gasteiger partial charge in [-0.15, -0.1) is 0 Å². The van der Waals surface area contributed by atoms with Crippen molar-refractivity contribution < 1.29 is 13.2 Å². The lowest BCUT2D eigenvalue weighted by Gasteiger charge is -2.16. The van der Waals surface area contributed by atoms with Gasteiger partial charge in [-0.25, -0.2) is 8.42 Å². The summed E-state index contributed by atoms with van der Waals surface area (Å²) in [6.45, 7) is 5.43. The molecule has 3 rings (SSSR count). The SMILES string of the molecule is Cc1cc(C)c(S(=O)(=O)Nc2ccc(Cl)cc2C(=O)c2ccccc2)c(C)c1. The van der Waals surface area contributed by atoms with Gasteiger partial charge in [-0.2, -0.15) is 0 Å². The number of nitrogens with one attached hydrogen (secondary N) is 1. The van der Waals surface area contributed by atoms with E-state index in [0.717, 1.165) is 5.56 Å². The smallest absolute Gasteiger partial charge is 0.262 e. The van der Waals surface area contributed by atoms with Crippen molar-refractivity contribution in [2.24, 2.45) is 0 Å². The zero-order valence-electron chi connectivity index (χ0n) is 15.8. The average Bonchev–Trinajstić information content (AvgIpc) is 2.62. The first kappa shape index (κ1) is 20.1. The van der Waals surface area contributed by atoms with E-state index in [4.69, 9.17) is 11.6 Å². The van der Waals surface area contributed by atoms with Gasteiger partial charge in [-0.3, -0.25) is 9.52 Å². The van der Waals surface area contributed by atoms with Crippen molar-refractivity contribution in [1.82, 2.24) is 0 Å². The van der Waals surface area contributed by atoms with E-state index < -0.39 is 10.0 Å². The fourth-order valence-electron chi connectivity index (χ4n) is 3.32. The van der Waals surface area contributed by atoms with Crippen LogP contribution in [0.2, 0.25) is 5.02 Å². The highest BCUT2D eigenvalue weighted by atomic mass is 35.5. The fourth-order valence-corrected chi connectivity index (χ4v) is 5.03. The molecule has 0 aliphatic carbocycles. The summed E-state index contributed by atoms with van der Waals surface area (Å²) in [5, 5.41) is 0.352. The Balaban J connectivity index is 2.07. The van der Waals surface area contributed by atoms with Crippen molar-refractivity contribution >= 4 is 33.1 Å². The summed E-state index contributed by atoms with van der Waals surface area (Å²) in [5.74, 6) is -0.307. The molecule has 0 unspecified atom stereocenters. The van der Waals surface area contributed by atoms with E-state index in [1.54, 1.807) is 50.2 Å². The third kappa shape index (κ3) is 4.11. The number of hydrogen-bond acceptors (Lipinski definition) is 3. The standard InChI is InChI=1S/C22H20ClNO3S/c1-14-11-15(2)22(16(3)12-14)28(26,27)24-20-10-9-18(23)13-19(20)21(25)17-7-5-4-6-8-17/h4-13,24H,1-3H3. The van der Waals surface area contributed by atoms with Gasteiger partial charge in [-0.05, 0) is 50.1 Å². The van der Waals surface area contributed by atoms with Crippen LogP contribution in [-0.4, -0.2) is 14.2 Å². The van der Waals surface area contributed by atoms with E-state index in [2.05, 4.69) is 4.72 Å². The maximum atomic E-state index is 13.1. The molecule has 0 saturated carbocycles. The Kier molecular flexibility index (Phi) is 5.59. The lowest BCUT2D eigenvalue weighted by atomic mass is 10.0. The third-order valence-electron chi connectivity index (χ3n) is 4.38. The van der Waals surface area contributed by atoms with Crippen LogP contribution in [0, 0.1) is 20.8 Å². The van der Waals surface area contributed by atoms with Crippen LogP contribution < -0.4 is 4.72 Å². The average molecular weight is 414 g/mol. The molecular formula is C22H20ClNO3S. The van der Waals surface area contributed by atoms with E-state index in [1.807, 2.05) is 19.1 Å². The Labute approximate surface area is 170 Å². The number of sulfonamides is 1. The number of aryl methyl sites for hydroxylation is 3. The normalized spacial score (nSPS) is 11.3. The lowest BCUT2D eigenvalue weighted by Crippen LogP contribution is -2.18. The molecule has 0 saturated heterocycles. The number of ketones is 1. The summed E-state index contributed by atoms with van der Waals surface area (Å²) in [6, 6.07) is 16.8. The van der Waals surface area contributed by atoms with Gasteiger partial charge < -0.3 is 0 Å². The molecule has 28 heavy (non-hydrogen) atoms. The number of hydrogen-bond donors (Lipinski definition) is 1. The minimum Gasteiger partial charge on any atom is -0.289 e. The first-order valence-electron chi connectivity index (χ1n) is 8.69. The minimum absolute atomic E-state index is 0.192. The van der Waals surface area contributed by atoms with Gasteiger partial charge in [0, 0.05) is 16.1 Å². The summed E-state index contributed by atoms with van der Waals surface area (Å²) in [5.41, 5.74) is 3.13. The maximum Gasteiger partial charge on any atom is 0.262 e. The Morgan fingerprint density at radius 3 is 2.11 bits per heavy atom. The molecule has 0 aliphatic heterocycles. The number of halogens is 1. The first-order chi connectivity index (χ1) is 13.2. The molecule has 0 aromatic heterocycles. The monoisotopic (exact) mass is 413 g/mol. The van der Waals surface area contributed by atoms with Gasteiger partial charge in [0.15, 0.2) is 5.78 Å². The molecule has 0 bridgehead atoms. The summed E-state index contributed by atoms with van der Waals surface area (Å²) < 4.78 is 28.8. The van der Waals surface area contributed by atoms with E-state index in [1.165, 1.54) is 12.1 Å². The molecule has 0 fully saturated rings. The van der Waals surface area contributed by atoms with Crippen molar-refractivity contribution in [3.05, 3.63) is 93.5 Å². The van der Waals surface area contributed by atoms with Crippen molar-refractivity contribution in [3.63, 3.8) is 0 Å². The molecule has 0 radical (unpaired) electrons. The fraction of sp³-hybridized carbons (Fsp3) is 0.136. The lowest BCUT2D eigenvalue weighted by molar-refractivity contribution is 0.103. The third-order valence-corrected chi connectivity index (χ3v) is 6.29. The van der Waals surface area contributed by atoms with Gasteiger partial charge in [0.25, 0.3) is 10.0 Å². The highest BCUT2D eigenvalue weighted by molar-refractivity contribution is 7.92. The van der Waals surface area contributed by atoms with E-state index in [0.29, 0.717) is 21.7 Å². The van der Waals surface area contributed by atoms with Crippen LogP contribution in [0.25, 0.3) is 0 Å². The Morgan fingerprint density at radius 2 is 1.50 bits per heavy atom. The summed E-state index contributed by atoms with van der Waals surface area (Å²) in [6.07, 6.45) is 0. The predicted molar refractivity (Wildman–Crippen MR) is 113 cm³/mol. The van der Waals surface area contributed by atoms with E-state index in [9.17, 15) is 13.2 Å². The van der Waals surface area contributed by atoms with Crippen LogP contribution in [-0.2, 0) is 10.0 Å². The number of anilines is 1. The quantitative estimate of drug-likeness (QED) is 0.577. The first-order valence-corrected chi connectivity index (χ1v) is 10.5. The molecule has 0 aliphatic rings. The van der Waals surface area contributed by atoms with Crippen LogP contribution >= 0.6 is 11.6 Å². The Morgan fingerprint density at radius 1 is 0.893 bits per heavy atom. The topological polar surface area (TPSA) is 63.2 Å². The molecule has 3 aromatic rings. The molecule has 1 N–H and O–H groups in total. The highest BCUT2D eigenvalue weighted by Gasteiger charge is 2.23. The summed E-state index contributed by atoms with van der Waals surface area (Å²) >= 11 is 6.08. The van der Waals surface area contributed by atoms with Crippen molar-refractivity contribution in [2.75, 3.05) is 4.72 Å². The second-order valence-corrected chi connectivity index (χ2v) is 8.77. The molecule has 3 aromatic carbocycles. The van der Waals surface area contributed by atoms with E-state index >= 15 is 0 Å². The molecule has 6 heteroatoms. The Bertz CT molecular complexity index is 1130. The minimum atomic E-state index is -3.89. The number of benzene rings is 3. The zero-order valence-corrected chi connectivity index (χ0v) is 17.4. The van der Waals surface area contributed by atoms with Gasteiger partial charge in [0.05, 0.1) is 10.6 Å². The van der Waals surface area contributed by atoms with Crippen molar-refractivity contribution in [3.8, 4) is 0 Å². The van der Waals surface area contributed by atoms with Gasteiger partial charge in [0.2, 0.25) is 0 Å². The molecule has 0 heterocycles. The largest absolute Gasteiger partial charge is 0.289 e. The summed E-state index contributed by atoms with van der Waals surface area (Å²) in [4.78, 5) is 13.1. The second-order valence-electron chi connectivity index (χ2n) is 6.72. The van der Waals surface area contributed by atoms with E-state index in [-0.39, 0.29) is 21.9 Å². The summed E-state index contributed by atoms with van der Waals surface area (Å²) in [7, 11) is -3.89. The van der Waals surface area contributed by atoms with Crippen LogP contribution in [0.3, 0.4) is 0 Å². The predicted octanol–water partition coefficient (Wildman–Crippen LogP) is 5.30. The van der Waals surface area contributed by atoms with Crippen molar-refractivity contribution in [1.29, 1.82) is 0 Å². The molecular weight excluding hydrogens is 394 g/mol. The Hall–Kier alpha value is -2.63. The molecule has 144 valence electrons. The van der Waals surface area contributed by atoms with Gasteiger partial charge >= 0.3 is 0 Å². The van der Waals surface area contributed by atoms with Crippen LogP contribution in [0.5, 0.6) is 0 Å². The van der Waals surface area contributed by atoms with Crippen LogP contribution in [0.1, 0.15) is 32.6 Å². The molecule has 4 nitrogen and oxygen atoms in total. The molecule has 0 atom stereocenters. The number of rotatable bonds is 5. The number of carbonyl (C=O) groups is 1. The van der Waals surface area contributed by atoms with Gasteiger partial charge in [-0.1, -0.05) is 59.6 Å². The van der Waals surface area contributed by atoms with Crippen LogP contribution in [0.15, 0.2) is 65.6 Å². The molecule has 0 amide bonds. The second kappa shape index (κ2) is 7.78. The zero-order chi connectivity index (χ0) is 20.5. The van der Waals surface area contributed by atoms with Gasteiger partial charge in [0.1, 0.15) is 0 Å². The maximum absolute atomic E-state index is 13.1.